The Bertz CT molecular complexity index is 735. The summed E-state index contributed by atoms with van der Waals surface area (Å²) in [6.07, 6.45) is 0.753. The Morgan fingerprint density at radius 3 is 2.52 bits per heavy atom. The molecule has 1 saturated heterocycles. The van der Waals surface area contributed by atoms with E-state index in [2.05, 4.69) is 5.32 Å². The van der Waals surface area contributed by atoms with Crippen LogP contribution in [0.5, 0.6) is 11.5 Å². The summed E-state index contributed by atoms with van der Waals surface area (Å²) in [7, 11) is 4.99. The van der Waals surface area contributed by atoms with Gasteiger partial charge in [-0.1, -0.05) is 6.92 Å². The lowest BCUT2D eigenvalue weighted by molar-refractivity contribution is -0.130. The first-order valence-electron chi connectivity index (χ1n) is 9.82. The summed E-state index contributed by atoms with van der Waals surface area (Å²) in [6, 6.07) is 5.47. The number of thioether (sulfide) groups is 1. The van der Waals surface area contributed by atoms with E-state index in [-0.39, 0.29) is 28.1 Å². The van der Waals surface area contributed by atoms with Gasteiger partial charge in [0.05, 0.1) is 19.5 Å². The zero-order valence-electron chi connectivity index (χ0n) is 18.4. The van der Waals surface area contributed by atoms with Crippen molar-refractivity contribution in [3.8, 4) is 11.5 Å². The lowest BCUT2D eigenvalue weighted by atomic mass is 10.1. The Labute approximate surface area is 178 Å². The van der Waals surface area contributed by atoms with Crippen molar-refractivity contribution in [3.63, 3.8) is 0 Å². The number of methoxy groups -OCH3 is 2. The molecule has 1 aromatic carbocycles. The van der Waals surface area contributed by atoms with Crippen LogP contribution in [-0.4, -0.2) is 66.9 Å². The number of hydrogen-bond acceptors (Lipinski definition) is 5. The second-order valence-electron chi connectivity index (χ2n) is 8.13. The maximum atomic E-state index is 13.0. The lowest BCUT2D eigenvalue weighted by Crippen LogP contribution is -2.49. The second kappa shape index (κ2) is 9.61. The molecule has 1 aliphatic rings. The van der Waals surface area contributed by atoms with Crippen LogP contribution >= 0.6 is 11.8 Å². The number of amides is 3. The Hall–Kier alpha value is -2.09. The average molecular weight is 424 g/mol. The van der Waals surface area contributed by atoms with Crippen molar-refractivity contribution < 1.29 is 19.1 Å². The third-order valence-corrected chi connectivity index (χ3v) is 6.34. The number of carbonyl (C=O) groups excluding carboxylic acids is 2. The summed E-state index contributed by atoms with van der Waals surface area (Å²) in [5, 5.41) is 2.65. The highest BCUT2D eigenvalue weighted by Crippen LogP contribution is 2.47. The number of carbonyl (C=O) groups is 2. The van der Waals surface area contributed by atoms with Gasteiger partial charge < -0.3 is 24.6 Å². The molecule has 0 saturated carbocycles. The molecule has 3 amide bonds. The topological polar surface area (TPSA) is 71.1 Å². The number of hydrogen-bond donors (Lipinski definition) is 1. The quantitative estimate of drug-likeness (QED) is 0.727. The fraction of sp³-hybridized carbons (Fsp3) is 0.619. The number of nitrogens with one attached hydrogen (secondary N) is 1. The molecule has 0 aromatic heterocycles. The van der Waals surface area contributed by atoms with E-state index in [1.54, 1.807) is 37.9 Å². The number of ether oxygens (including phenoxy) is 2. The summed E-state index contributed by atoms with van der Waals surface area (Å²) >= 11 is 1.62. The summed E-state index contributed by atoms with van der Waals surface area (Å²) in [6.45, 7) is 8.72. The van der Waals surface area contributed by atoms with Crippen LogP contribution in [0, 0.1) is 0 Å². The highest BCUT2D eigenvalue weighted by atomic mass is 32.2. The van der Waals surface area contributed by atoms with E-state index < -0.39 is 0 Å². The van der Waals surface area contributed by atoms with Gasteiger partial charge in [-0.2, -0.15) is 0 Å². The van der Waals surface area contributed by atoms with Gasteiger partial charge in [0, 0.05) is 31.2 Å². The minimum Gasteiger partial charge on any atom is -0.497 e. The summed E-state index contributed by atoms with van der Waals surface area (Å²) in [5.41, 5.74) is 0.594. The molecule has 0 aliphatic carbocycles. The molecule has 0 unspecified atom stereocenters. The molecule has 0 radical (unpaired) electrons. The van der Waals surface area contributed by atoms with Crippen molar-refractivity contribution in [1.82, 2.24) is 15.1 Å². The number of benzene rings is 1. The largest absolute Gasteiger partial charge is 0.497 e. The molecule has 1 fully saturated rings. The summed E-state index contributed by atoms with van der Waals surface area (Å²) < 4.78 is 10.9. The van der Waals surface area contributed by atoms with Gasteiger partial charge in [0.25, 0.3) is 0 Å². The highest BCUT2D eigenvalue weighted by molar-refractivity contribution is 8.01. The van der Waals surface area contributed by atoms with Gasteiger partial charge in [0.1, 0.15) is 16.9 Å². The molecular weight excluding hydrogens is 390 g/mol. The minimum absolute atomic E-state index is 0.0944. The van der Waals surface area contributed by atoms with Crippen molar-refractivity contribution in [2.75, 3.05) is 34.4 Å². The number of likely N-dealkylation sites (N-methyl/N-ethyl adjacent to an activating group) is 1. The van der Waals surface area contributed by atoms with Crippen molar-refractivity contribution in [2.24, 2.45) is 0 Å². The first kappa shape index (κ1) is 23.2. The number of urea groups is 1. The van der Waals surface area contributed by atoms with Gasteiger partial charge >= 0.3 is 6.03 Å². The zero-order chi connectivity index (χ0) is 21.8. The fourth-order valence-electron chi connectivity index (χ4n) is 3.14. The van der Waals surface area contributed by atoms with Crippen LogP contribution in [0.15, 0.2) is 18.2 Å². The van der Waals surface area contributed by atoms with Crippen LogP contribution in [0.25, 0.3) is 0 Å². The summed E-state index contributed by atoms with van der Waals surface area (Å²) in [5.74, 6) is 1.53. The van der Waals surface area contributed by atoms with Gasteiger partial charge in [0.15, 0.2) is 0 Å². The van der Waals surface area contributed by atoms with Crippen molar-refractivity contribution in [1.29, 1.82) is 0 Å². The van der Waals surface area contributed by atoms with Gasteiger partial charge in [-0.3, -0.25) is 4.79 Å². The van der Waals surface area contributed by atoms with Crippen molar-refractivity contribution >= 4 is 23.7 Å². The lowest BCUT2D eigenvalue weighted by Gasteiger charge is -2.29. The molecule has 1 aromatic rings. The van der Waals surface area contributed by atoms with Gasteiger partial charge in [-0.05, 0) is 45.4 Å². The molecule has 1 N–H and O–H groups in total. The van der Waals surface area contributed by atoms with E-state index in [4.69, 9.17) is 9.47 Å². The molecule has 0 spiro atoms. The Morgan fingerprint density at radius 1 is 1.28 bits per heavy atom. The predicted octanol–water partition coefficient (Wildman–Crippen LogP) is 3.50. The smallest absolute Gasteiger partial charge is 0.317 e. The van der Waals surface area contributed by atoms with E-state index in [1.807, 2.05) is 50.8 Å². The molecule has 8 heteroatoms. The van der Waals surface area contributed by atoms with Crippen LogP contribution < -0.4 is 14.8 Å². The first-order chi connectivity index (χ1) is 13.6. The Morgan fingerprint density at radius 2 is 1.97 bits per heavy atom. The van der Waals surface area contributed by atoms with Crippen LogP contribution in [-0.2, 0) is 4.79 Å². The maximum absolute atomic E-state index is 13.0. The van der Waals surface area contributed by atoms with Gasteiger partial charge in [0.2, 0.25) is 5.91 Å². The molecule has 162 valence electrons. The van der Waals surface area contributed by atoms with Crippen molar-refractivity contribution in [3.05, 3.63) is 23.8 Å². The van der Waals surface area contributed by atoms with Gasteiger partial charge in [-0.15, -0.1) is 11.8 Å². The maximum Gasteiger partial charge on any atom is 0.317 e. The second-order valence-corrected chi connectivity index (χ2v) is 9.41. The standard InChI is InChI=1S/C21H33N3O4S/c1-8-17-18(25)24(12-11-23(5)20(26)22-21(2,3)4)19(29-17)15-13-14(27-6)9-10-16(15)28-7/h9-10,13,17,19H,8,11-12H2,1-7H3,(H,22,26)/t17-,19-/m1/s1. The molecule has 2 rings (SSSR count). The van der Waals surface area contributed by atoms with Crippen LogP contribution in [0.1, 0.15) is 45.1 Å². The molecule has 0 bridgehead atoms. The van der Waals surface area contributed by atoms with Crippen LogP contribution in [0.4, 0.5) is 4.79 Å². The first-order valence-corrected chi connectivity index (χ1v) is 10.8. The fourth-order valence-corrected chi connectivity index (χ4v) is 4.58. The Balaban J connectivity index is 2.22. The molecule has 2 atom stereocenters. The van der Waals surface area contributed by atoms with E-state index in [9.17, 15) is 9.59 Å². The highest BCUT2D eigenvalue weighted by Gasteiger charge is 2.41. The average Bonchev–Trinajstić information content (AvgIpc) is 2.99. The molecular formula is C21H33N3O4S. The molecule has 7 nitrogen and oxygen atoms in total. The number of rotatable bonds is 7. The Kier molecular flexibility index (Phi) is 7.68. The normalized spacial score (nSPS) is 19.3. The third kappa shape index (κ3) is 5.72. The van der Waals surface area contributed by atoms with E-state index in [1.165, 1.54) is 0 Å². The molecule has 29 heavy (non-hydrogen) atoms. The van der Waals surface area contributed by atoms with Gasteiger partial charge in [-0.25, -0.2) is 4.79 Å². The van der Waals surface area contributed by atoms with E-state index >= 15 is 0 Å². The number of nitrogens with zero attached hydrogens (tertiary/aromatic N) is 2. The SMILES string of the molecule is CC[C@H]1S[C@H](c2cc(OC)ccc2OC)N(CCN(C)C(=O)NC(C)(C)C)C1=O. The predicted molar refractivity (Wildman–Crippen MR) is 117 cm³/mol. The van der Waals surface area contributed by atoms with Crippen LogP contribution in [0.2, 0.25) is 0 Å². The summed E-state index contributed by atoms with van der Waals surface area (Å²) in [4.78, 5) is 28.8. The van der Waals surface area contributed by atoms with E-state index in [0.29, 0.717) is 13.1 Å². The zero-order valence-corrected chi connectivity index (χ0v) is 19.3. The minimum atomic E-state index is -0.311. The molecule has 1 aliphatic heterocycles. The van der Waals surface area contributed by atoms with Crippen LogP contribution in [0.3, 0.4) is 0 Å². The molecule has 1 heterocycles. The monoisotopic (exact) mass is 423 g/mol. The van der Waals surface area contributed by atoms with E-state index in [0.717, 1.165) is 23.5 Å². The van der Waals surface area contributed by atoms with Crippen molar-refractivity contribution in [2.45, 2.75) is 50.3 Å². The third-order valence-electron chi connectivity index (χ3n) is 4.71.